The predicted octanol–water partition coefficient (Wildman–Crippen LogP) is 2.14. The van der Waals surface area contributed by atoms with E-state index in [4.69, 9.17) is 5.73 Å². The Hall–Kier alpha value is -3.56. The molecular weight excluding hydrogens is 413 g/mol. The summed E-state index contributed by atoms with van der Waals surface area (Å²) >= 11 is 0. The quantitative estimate of drug-likeness (QED) is 0.607. The fourth-order valence-corrected chi connectivity index (χ4v) is 4.02. The van der Waals surface area contributed by atoms with E-state index >= 15 is 0 Å². The number of aromatic nitrogens is 4. The van der Waals surface area contributed by atoms with Crippen molar-refractivity contribution in [2.45, 2.75) is 25.7 Å². The standard InChI is InChI=1S/C22H26FN7O2/c1-29(2)21(32)18-12-25-15(11-26-18)4-3-13-5-7-30(8-6-13)22-27-17-10-14(23)9-16(20(24)31)19(17)28-22/h9-13H,3-8H2,1-2H3,(H2,24,31)(H,27,28). The highest BCUT2D eigenvalue weighted by Crippen LogP contribution is 2.27. The molecule has 1 aromatic carbocycles. The van der Waals surface area contributed by atoms with E-state index in [0.717, 1.165) is 50.5 Å². The molecule has 1 saturated heterocycles. The first-order valence-corrected chi connectivity index (χ1v) is 10.6. The number of aromatic amines is 1. The van der Waals surface area contributed by atoms with Crippen LogP contribution in [-0.4, -0.2) is 63.8 Å². The van der Waals surface area contributed by atoms with E-state index in [2.05, 4.69) is 24.8 Å². The van der Waals surface area contributed by atoms with Crippen LogP contribution in [-0.2, 0) is 6.42 Å². The van der Waals surface area contributed by atoms with Crippen molar-refractivity contribution in [3.63, 3.8) is 0 Å². The first kappa shape index (κ1) is 21.7. The Morgan fingerprint density at radius 3 is 2.59 bits per heavy atom. The third kappa shape index (κ3) is 4.53. The molecule has 0 unspecified atom stereocenters. The summed E-state index contributed by atoms with van der Waals surface area (Å²) in [6.45, 7) is 1.61. The van der Waals surface area contributed by atoms with Gasteiger partial charge in [-0.1, -0.05) is 0 Å². The molecule has 0 bridgehead atoms. The van der Waals surface area contributed by atoms with Crippen molar-refractivity contribution in [3.05, 3.63) is 47.3 Å². The number of H-pyrrole nitrogens is 1. The fourth-order valence-electron chi connectivity index (χ4n) is 4.02. The maximum Gasteiger partial charge on any atom is 0.273 e. The van der Waals surface area contributed by atoms with Crippen molar-refractivity contribution in [2.75, 3.05) is 32.1 Å². The number of hydrogen-bond donors (Lipinski definition) is 2. The van der Waals surface area contributed by atoms with E-state index < -0.39 is 11.7 Å². The SMILES string of the molecule is CN(C)C(=O)c1cnc(CCC2CCN(c3nc4c(C(N)=O)cc(F)cc4[nH]3)CC2)cn1. The van der Waals surface area contributed by atoms with Crippen LogP contribution in [0.5, 0.6) is 0 Å². The molecule has 9 nitrogen and oxygen atoms in total. The molecule has 0 aliphatic carbocycles. The number of piperidine rings is 1. The van der Waals surface area contributed by atoms with E-state index in [1.54, 1.807) is 20.3 Å². The average Bonchev–Trinajstić information content (AvgIpc) is 3.21. The van der Waals surface area contributed by atoms with Gasteiger partial charge in [-0.25, -0.2) is 14.4 Å². The third-order valence-corrected chi connectivity index (χ3v) is 5.86. The van der Waals surface area contributed by atoms with E-state index in [0.29, 0.717) is 28.6 Å². The van der Waals surface area contributed by atoms with Crippen LogP contribution >= 0.6 is 0 Å². The highest BCUT2D eigenvalue weighted by Gasteiger charge is 2.23. The number of nitrogens with two attached hydrogens (primary N) is 1. The highest BCUT2D eigenvalue weighted by molar-refractivity contribution is 6.04. The smallest absolute Gasteiger partial charge is 0.273 e. The van der Waals surface area contributed by atoms with Gasteiger partial charge in [0.25, 0.3) is 11.8 Å². The minimum atomic E-state index is -0.700. The maximum absolute atomic E-state index is 13.8. The molecule has 3 N–H and O–H groups in total. The number of hydrogen-bond acceptors (Lipinski definition) is 6. The molecule has 2 aromatic heterocycles. The molecule has 0 saturated carbocycles. The van der Waals surface area contributed by atoms with Gasteiger partial charge in [0.1, 0.15) is 17.0 Å². The molecule has 4 rings (SSSR count). The summed E-state index contributed by atoms with van der Waals surface area (Å²) in [6.07, 6.45) is 6.97. The van der Waals surface area contributed by atoms with E-state index in [1.165, 1.54) is 17.2 Å². The van der Waals surface area contributed by atoms with Gasteiger partial charge in [-0.15, -0.1) is 0 Å². The number of nitrogens with one attached hydrogen (secondary N) is 1. The second-order valence-corrected chi connectivity index (χ2v) is 8.34. The van der Waals surface area contributed by atoms with Gasteiger partial charge in [0.15, 0.2) is 0 Å². The fraction of sp³-hybridized carbons (Fsp3) is 0.409. The number of carbonyl (C=O) groups excluding carboxylic acids is 2. The number of primary amides is 1. The number of amides is 2. The summed E-state index contributed by atoms with van der Waals surface area (Å²) in [5.74, 6) is -0.221. The van der Waals surface area contributed by atoms with Crippen LogP contribution < -0.4 is 10.6 Å². The zero-order valence-corrected chi connectivity index (χ0v) is 18.1. The van der Waals surface area contributed by atoms with E-state index in [9.17, 15) is 14.0 Å². The largest absolute Gasteiger partial charge is 0.366 e. The van der Waals surface area contributed by atoms with Gasteiger partial charge in [0.2, 0.25) is 5.95 Å². The molecule has 0 atom stereocenters. The lowest BCUT2D eigenvalue weighted by Crippen LogP contribution is -2.34. The Bertz CT molecular complexity index is 1140. The molecule has 0 spiro atoms. The average molecular weight is 439 g/mol. The van der Waals surface area contributed by atoms with Crippen LogP contribution in [0, 0.1) is 11.7 Å². The normalized spacial score (nSPS) is 14.7. The first-order valence-electron chi connectivity index (χ1n) is 10.6. The van der Waals surface area contributed by atoms with Crippen molar-refractivity contribution >= 4 is 28.8 Å². The minimum absolute atomic E-state index is 0.0804. The number of anilines is 1. The van der Waals surface area contributed by atoms with Crippen molar-refractivity contribution in [1.82, 2.24) is 24.8 Å². The van der Waals surface area contributed by atoms with Gasteiger partial charge in [0.05, 0.1) is 23.0 Å². The Labute approximate surface area is 184 Å². The predicted molar refractivity (Wildman–Crippen MR) is 118 cm³/mol. The number of fused-ring (bicyclic) bond motifs is 1. The lowest BCUT2D eigenvalue weighted by molar-refractivity contribution is 0.0821. The summed E-state index contributed by atoms with van der Waals surface area (Å²) in [5, 5.41) is 0. The van der Waals surface area contributed by atoms with E-state index in [-0.39, 0.29) is 11.5 Å². The summed E-state index contributed by atoms with van der Waals surface area (Å²) in [4.78, 5) is 43.3. The zero-order chi connectivity index (χ0) is 22.8. The number of aryl methyl sites for hydroxylation is 1. The molecule has 10 heteroatoms. The molecule has 32 heavy (non-hydrogen) atoms. The monoisotopic (exact) mass is 439 g/mol. The number of carbonyl (C=O) groups is 2. The lowest BCUT2D eigenvalue weighted by atomic mass is 9.92. The number of nitrogens with zero attached hydrogens (tertiary/aromatic N) is 5. The molecule has 1 aliphatic heterocycles. The molecular formula is C22H26FN7O2. The molecule has 168 valence electrons. The van der Waals surface area contributed by atoms with Gasteiger partial charge in [-0.3, -0.25) is 14.6 Å². The summed E-state index contributed by atoms with van der Waals surface area (Å²) in [5.41, 5.74) is 7.53. The second kappa shape index (κ2) is 8.89. The van der Waals surface area contributed by atoms with Gasteiger partial charge in [-0.05, 0) is 43.7 Å². The Kier molecular flexibility index (Phi) is 6.02. The van der Waals surface area contributed by atoms with Crippen LogP contribution in [0.15, 0.2) is 24.5 Å². The lowest BCUT2D eigenvalue weighted by Gasteiger charge is -2.31. The zero-order valence-electron chi connectivity index (χ0n) is 18.1. The minimum Gasteiger partial charge on any atom is -0.366 e. The van der Waals surface area contributed by atoms with Crippen LogP contribution in [0.2, 0.25) is 0 Å². The second-order valence-electron chi connectivity index (χ2n) is 8.34. The molecule has 3 aromatic rings. The van der Waals surface area contributed by atoms with Crippen molar-refractivity contribution in [3.8, 4) is 0 Å². The van der Waals surface area contributed by atoms with Crippen molar-refractivity contribution < 1.29 is 14.0 Å². The molecule has 1 fully saturated rings. The molecule has 1 aliphatic rings. The van der Waals surface area contributed by atoms with Crippen molar-refractivity contribution in [1.29, 1.82) is 0 Å². The highest BCUT2D eigenvalue weighted by atomic mass is 19.1. The first-order chi connectivity index (χ1) is 15.3. The van der Waals surface area contributed by atoms with E-state index in [1.807, 2.05) is 0 Å². The molecule has 3 heterocycles. The van der Waals surface area contributed by atoms with Crippen LogP contribution in [0.25, 0.3) is 11.0 Å². The van der Waals surface area contributed by atoms with Crippen molar-refractivity contribution in [2.24, 2.45) is 11.7 Å². The summed E-state index contributed by atoms with van der Waals surface area (Å²) in [6, 6.07) is 2.44. The summed E-state index contributed by atoms with van der Waals surface area (Å²) in [7, 11) is 3.37. The Balaban J connectivity index is 1.34. The number of imidazole rings is 1. The molecule has 0 radical (unpaired) electrons. The Morgan fingerprint density at radius 2 is 1.97 bits per heavy atom. The van der Waals surface area contributed by atoms with Gasteiger partial charge < -0.3 is 20.5 Å². The topological polar surface area (TPSA) is 121 Å². The number of rotatable bonds is 6. The van der Waals surface area contributed by atoms with Gasteiger partial charge in [0, 0.05) is 33.4 Å². The number of halogens is 1. The summed E-state index contributed by atoms with van der Waals surface area (Å²) < 4.78 is 13.8. The van der Waals surface area contributed by atoms with Crippen LogP contribution in [0.3, 0.4) is 0 Å². The molecule has 2 amide bonds. The van der Waals surface area contributed by atoms with Crippen LogP contribution in [0.1, 0.15) is 45.8 Å². The number of benzene rings is 1. The van der Waals surface area contributed by atoms with Gasteiger partial charge >= 0.3 is 0 Å². The van der Waals surface area contributed by atoms with Crippen LogP contribution in [0.4, 0.5) is 10.3 Å². The van der Waals surface area contributed by atoms with Gasteiger partial charge in [-0.2, -0.15) is 0 Å². The maximum atomic E-state index is 13.8. The third-order valence-electron chi connectivity index (χ3n) is 5.86. The Morgan fingerprint density at radius 1 is 1.22 bits per heavy atom.